The molecule has 0 heterocycles. The van der Waals surface area contributed by atoms with Crippen molar-refractivity contribution in [2.75, 3.05) is 6.61 Å². The molecule has 0 aliphatic rings. The van der Waals surface area contributed by atoms with E-state index >= 15 is 0 Å². The largest absolute Gasteiger partial charge is 0.461 e. The monoisotopic (exact) mass is 244 g/mol. The lowest BCUT2D eigenvalue weighted by Gasteiger charge is -2.17. The molecule has 1 aromatic carbocycles. The van der Waals surface area contributed by atoms with E-state index < -0.39 is 11.8 Å². The van der Waals surface area contributed by atoms with Crippen LogP contribution in [-0.4, -0.2) is 12.6 Å². The molecule has 2 nitrogen and oxygen atoms in total. The quantitative estimate of drug-likeness (QED) is 0.742. The van der Waals surface area contributed by atoms with Gasteiger partial charge in [-0.15, -0.1) is 0 Å². The molecular weight excluding hydrogens is 231 g/mol. The third kappa shape index (κ3) is 3.49. The lowest BCUT2D eigenvalue weighted by atomic mass is 9.99. The van der Waals surface area contributed by atoms with Gasteiger partial charge in [0.1, 0.15) is 0 Å². The maximum atomic E-state index is 13.4. The van der Waals surface area contributed by atoms with Crippen LogP contribution in [0, 0.1) is 11.2 Å². The third-order valence-electron chi connectivity index (χ3n) is 1.81. The van der Waals surface area contributed by atoms with Gasteiger partial charge in [0.25, 0.3) is 0 Å². The number of carbonyl (C=O) groups excluding carboxylic acids is 1. The number of ether oxygens (including phenoxy) is 1. The van der Waals surface area contributed by atoms with Crippen molar-refractivity contribution >= 4 is 17.6 Å². The smallest absolute Gasteiger partial charge is 0.341 e. The normalized spacial score (nSPS) is 11.3. The summed E-state index contributed by atoms with van der Waals surface area (Å²) in [5.74, 6) is -1.42. The molecule has 0 fully saturated rings. The van der Waals surface area contributed by atoms with Crippen LogP contribution < -0.4 is 0 Å². The van der Waals surface area contributed by atoms with Gasteiger partial charge in [-0.05, 0) is 17.5 Å². The van der Waals surface area contributed by atoms with E-state index in [1.165, 1.54) is 18.2 Å². The minimum atomic E-state index is -0.733. The number of rotatable bonds is 2. The SMILES string of the molecule is CC(C)(C)COC(=O)c1cccc(Cl)c1F. The van der Waals surface area contributed by atoms with E-state index in [2.05, 4.69) is 0 Å². The molecule has 88 valence electrons. The molecule has 16 heavy (non-hydrogen) atoms. The lowest BCUT2D eigenvalue weighted by molar-refractivity contribution is 0.0361. The van der Waals surface area contributed by atoms with Crippen molar-refractivity contribution in [3.63, 3.8) is 0 Å². The van der Waals surface area contributed by atoms with Gasteiger partial charge in [-0.25, -0.2) is 9.18 Å². The Morgan fingerprint density at radius 3 is 2.62 bits per heavy atom. The molecule has 0 saturated heterocycles. The fraction of sp³-hybridized carbons (Fsp3) is 0.417. The van der Waals surface area contributed by atoms with Gasteiger partial charge in [-0.1, -0.05) is 38.4 Å². The summed E-state index contributed by atoms with van der Waals surface area (Å²) in [4.78, 5) is 11.5. The van der Waals surface area contributed by atoms with Crippen molar-refractivity contribution in [2.24, 2.45) is 5.41 Å². The van der Waals surface area contributed by atoms with E-state index in [4.69, 9.17) is 16.3 Å². The predicted molar refractivity (Wildman–Crippen MR) is 61.1 cm³/mol. The summed E-state index contributed by atoms with van der Waals surface area (Å²) in [7, 11) is 0. The molecule has 0 amide bonds. The van der Waals surface area contributed by atoms with E-state index in [1.54, 1.807) is 0 Å². The highest BCUT2D eigenvalue weighted by molar-refractivity contribution is 6.31. The standard InChI is InChI=1S/C12H14ClFO2/c1-12(2,3)7-16-11(15)8-5-4-6-9(13)10(8)14/h4-6H,7H2,1-3H3. The average Bonchev–Trinajstić information content (AvgIpc) is 2.17. The predicted octanol–water partition coefficient (Wildman–Crippen LogP) is 3.68. The van der Waals surface area contributed by atoms with Gasteiger partial charge in [0.05, 0.1) is 17.2 Å². The van der Waals surface area contributed by atoms with Gasteiger partial charge >= 0.3 is 5.97 Å². The molecule has 0 bridgehead atoms. The van der Waals surface area contributed by atoms with Crippen LogP contribution in [0.2, 0.25) is 5.02 Å². The molecule has 0 unspecified atom stereocenters. The van der Waals surface area contributed by atoms with E-state index in [1.807, 2.05) is 20.8 Å². The van der Waals surface area contributed by atoms with Crippen molar-refractivity contribution in [1.82, 2.24) is 0 Å². The Morgan fingerprint density at radius 1 is 1.44 bits per heavy atom. The molecule has 0 spiro atoms. The van der Waals surface area contributed by atoms with Crippen LogP contribution >= 0.6 is 11.6 Å². The first-order chi connectivity index (χ1) is 7.31. The van der Waals surface area contributed by atoms with Crippen LogP contribution in [0.15, 0.2) is 18.2 Å². The maximum Gasteiger partial charge on any atom is 0.341 e. The number of carbonyl (C=O) groups is 1. The summed E-state index contributed by atoms with van der Waals surface area (Å²) < 4.78 is 18.4. The molecule has 0 aliphatic carbocycles. The summed E-state index contributed by atoms with van der Waals surface area (Å²) in [6.45, 7) is 6.01. The molecule has 0 saturated carbocycles. The summed E-state index contributed by atoms with van der Waals surface area (Å²) in [6, 6.07) is 4.25. The van der Waals surface area contributed by atoms with Crippen molar-refractivity contribution < 1.29 is 13.9 Å². The van der Waals surface area contributed by atoms with Gasteiger partial charge in [0, 0.05) is 0 Å². The summed E-state index contributed by atoms with van der Waals surface area (Å²) in [5.41, 5.74) is -0.276. The van der Waals surface area contributed by atoms with Crippen molar-refractivity contribution in [3.05, 3.63) is 34.6 Å². The summed E-state index contributed by atoms with van der Waals surface area (Å²) in [6.07, 6.45) is 0. The van der Waals surface area contributed by atoms with Gasteiger partial charge < -0.3 is 4.74 Å². The van der Waals surface area contributed by atoms with Crippen LogP contribution in [-0.2, 0) is 4.74 Å². The van der Waals surface area contributed by atoms with Gasteiger partial charge in [0.15, 0.2) is 5.82 Å². The Labute approximate surface area is 99.4 Å². The Hall–Kier alpha value is -1.09. The van der Waals surface area contributed by atoms with Gasteiger partial charge in [-0.3, -0.25) is 0 Å². The minimum absolute atomic E-state index is 0.0785. The second-order valence-electron chi connectivity index (χ2n) is 4.74. The molecule has 0 N–H and O–H groups in total. The van der Waals surface area contributed by atoms with Crippen LogP contribution in [0.4, 0.5) is 4.39 Å². The van der Waals surface area contributed by atoms with E-state index in [-0.39, 0.29) is 22.6 Å². The Kier molecular flexibility index (Phi) is 3.92. The number of halogens is 2. The zero-order valence-corrected chi connectivity index (χ0v) is 10.3. The third-order valence-corrected chi connectivity index (χ3v) is 2.10. The molecule has 4 heteroatoms. The van der Waals surface area contributed by atoms with E-state index in [0.29, 0.717) is 0 Å². The maximum absolute atomic E-state index is 13.4. The first-order valence-corrected chi connectivity index (χ1v) is 5.30. The summed E-state index contributed by atoms with van der Waals surface area (Å²) >= 11 is 5.57. The van der Waals surface area contributed by atoms with Crippen LogP contribution in [0.3, 0.4) is 0 Å². The number of hydrogen-bond donors (Lipinski definition) is 0. The fourth-order valence-corrected chi connectivity index (χ4v) is 1.20. The second kappa shape index (κ2) is 4.83. The highest BCUT2D eigenvalue weighted by Gasteiger charge is 2.18. The molecule has 0 aromatic heterocycles. The first-order valence-electron chi connectivity index (χ1n) is 4.92. The Morgan fingerprint density at radius 2 is 2.06 bits per heavy atom. The zero-order chi connectivity index (χ0) is 12.3. The molecule has 0 aliphatic heterocycles. The Balaban J connectivity index is 2.78. The molecular formula is C12H14ClFO2. The molecule has 0 atom stereocenters. The minimum Gasteiger partial charge on any atom is -0.461 e. The lowest BCUT2D eigenvalue weighted by Crippen LogP contribution is -2.19. The first kappa shape index (κ1) is 13.0. The Bertz CT molecular complexity index is 396. The summed E-state index contributed by atoms with van der Waals surface area (Å²) in [5, 5.41) is -0.0785. The average molecular weight is 245 g/mol. The van der Waals surface area contributed by atoms with Gasteiger partial charge in [-0.2, -0.15) is 0 Å². The molecule has 1 rings (SSSR count). The van der Waals surface area contributed by atoms with Crippen molar-refractivity contribution in [2.45, 2.75) is 20.8 Å². The topological polar surface area (TPSA) is 26.3 Å². The highest BCUT2D eigenvalue weighted by atomic mass is 35.5. The van der Waals surface area contributed by atoms with Crippen molar-refractivity contribution in [3.8, 4) is 0 Å². The van der Waals surface area contributed by atoms with Crippen molar-refractivity contribution in [1.29, 1.82) is 0 Å². The second-order valence-corrected chi connectivity index (χ2v) is 5.15. The fourth-order valence-electron chi connectivity index (χ4n) is 1.02. The number of hydrogen-bond acceptors (Lipinski definition) is 2. The van der Waals surface area contributed by atoms with Crippen LogP contribution in [0.25, 0.3) is 0 Å². The van der Waals surface area contributed by atoms with E-state index in [9.17, 15) is 9.18 Å². The highest BCUT2D eigenvalue weighted by Crippen LogP contribution is 2.20. The zero-order valence-electron chi connectivity index (χ0n) is 9.51. The molecule has 0 radical (unpaired) electrons. The van der Waals surface area contributed by atoms with Gasteiger partial charge in [0.2, 0.25) is 0 Å². The molecule has 1 aromatic rings. The number of benzene rings is 1. The number of esters is 1. The van der Waals surface area contributed by atoms with Crippen LogP contribution in [0.5, 0.6) is 0 Å². The van der Waals surface area contributed by atoms with Crippen LogP contribution in [0.1, 0.15) is 31.1 Å². The van der Waals surface area contributed by atoms with E-state index in [0.717, 1.165) is 0 Å².